The lowest BCUT2D eigenvalue weighted by molar-refractivity contribution is -0.113. The Balaban J connectivity index is 1.61. The smallest absolute Gasteiger partial charge is 0.234 e. The summed E-state index contributed by atoms with van der Waals surface area (Å²) in [6, 6.07) is 6.78. The van der Waals surface area contributed by atoms with Crippen molar-refractivity contribution in [3.05, 3.63) is 28.8 Å². The number of aromatic nitrogens is 3. The van der Waals surface area contributed by atoms with E-state index in [2.05, 4.69) is 20.4 Å². The molecule has 0 bridgehead atoms. The molecule has 0 aliphatic carbocycles. The molecule has 3 rings (SSSR count). The number of hydrogen-bond donors (Lipinski definition) is 1. The molecule has 1 N–H and O–H groups in total. The molecule has 1 aromatic carbocycles. The molecule has 0 unspecified atom stereocenters. The van der Waals surface area contributed by atoms with Gasteiger partial charge < -0.3 is 15.0 Å². The quantitative estimate of drug-likeness (QED) is 0.735. The fourth-order valence-corrected chi connectivity index (χ4v) is 3.69. The third-order valence-corrected chi connectivity index (χ3v) is 5.29. The third-order valence-electron chi connectivity index (χ3n) is 4.01. The minimum atomic E-state index is -0.181. The molecule has 1 aliphatic rings. The topological polar surface area (TPSA) is 96.1 Å². The molecule has 1 amide bonds. The maximum atomic E-state index is 12.2. The Morgan fingerprint density at radius 2 is 2.19 bits per heavy atom. The second kappa shape index (κ2) is 9.08. The number of nitrogens with zero attached hydrogens (tertiary/aromatic N) is 5. The van der Waals surface area contributed by atoms with Gasteiger partial charge in [-0.15, -0.1) is 10.2 Å². The number of thioether (sulfide) groups is 1. The van der Waals surface area contributed by atoms with Crippen LogP contribution >= 0.6 is 23.4 Å². The van der Waals surface area contributed by atoms with Crippen LogP contribution in [0.25, 0.3) is 0 Å². The van der Waals surface area contributed by atoms with Gasteiger partial charge in [-0.05, 0) is 25.1 Å². The summed E-state index contributed by atoms with van der Waals surface area (Å²) >= 11 is 7.32. The van der Waals surface area contributed by atoms with Crippen LogP contribution in [-0.4, -0.2) is 52.7 Å². The first-order valence-electron chi connectivity index (χ1n) is 8.50. The summed E-state index contributed by atoms with van der Waals surface area (Å²) in [4.78, 5) is 14.4. The van der Waals surface area contributed by atoms with E-state index in [9.17, 15) is 4.79 Å². The number of nitrogens with one attached hydrogen (secondary N) is 1. The molecule has 142 valence electrons. The monoisotopic (exact) mass is 406 g/mol. The first-order valence-corrected chi connectivity index (χ1v) is 9.87. The number of hydrogen-bond acceptors (Lipinski definition) is 7. The van der Waals surface area contributed by atoms with Gasteiger partial charge in [0.05, 0.1) is 29.6 Å². The summed E-state index contributed by atoms with van der Waals surface area (Å²) in [5, 5.41) is 21.2. The molecule has 0 atom stereocenters. The van der Waals surface area contributed by atoms with E-state index in [1.807, 2.05) is 17.6 Å². The summed E-state index contributed by atoms with van der Waals surface area (Å²) in [6.45, 7) is 5.65. The molecule has 1 aliphatic heterocycles. The van der Waals surface area contributed by atoms with Gasteiger partial charge in [0, 0.05) is 25.3 Å². The fraction of sp³-hybridized carbons (Fsp3) is 0.412. The Kier molecular flexibility index (Phi) is 6.55. The van der Waals surface area contributed by atoms with Gasteiger partial charge in [0.25, 0.3) is 0 Å². The van der Waals surface area contributed by atoms with Crippen LogP contribution in [0.1, 0.15) is 12.5 Å². The predicted molar refractivity (Wildman–Crippen MR) is 104 cm³/mol. The maximum Gasteiger partial charge on any atom is 0.234 e. The van der Waals surface area contributed by atoms with Crippen molar-refractivity contribution in [2.75, 3.05) is 42.3 Å². The summed E-state index contributed by atoms with van der Waals surface area (Å²) < 4.78 is 7.38. The van der Waals surface area contributed by atoms with Crippen molar-refractivity contribution >= 4 is 40.9 Å². The Labute approximate surface area is 166 Å². The van der Waals surface area contributed by atoms with Crippen LogP contribution in [0.5, 0.6) is 0 Å². The number of carbonyl (C=O) groups excluding carboxylic acids is 1. The van der Waals surface area contributed by atoms with Gasteiger partial charge in [-0.2, -0.15) is 5.26 Å². The van der Waals surface area contributed by atoms with E-state index in [4.69, 9.17) is 21.6 Å². The molecule has 0 radical (unpaired) electrons. The lowest BCUT2D eigenvalue weighted by Gasteiger charge is -2.27. The summed E-state index contributed by atoms with van der Waals surface area (Å²) in [5.74, 6) is 0.820. The molecule has 1 saturated heterocycles. The number of morpholine rings is 1. The highest BCUT2D eigenvalue weighted by Crippen LogP contribution is 2.24. The zero-order valence-corrected chi connectivity index (χ0v) is 16.4. The van der Waals surface area contributed by atoms with Gasteiger partial charge in [-0.1, -0.05) is 23.4 Å². The van der Waals surface area contributed by atoms with Gasteiger partial charge in [-0.25, -0.2) is 0 Å². The largest absolute Gasteiger partial charge is 0.378 e. The van der Waals surface area contributed by atoms with Gasteiger partial charge in [-0.3, -0.25) is 9.36 Å². The summed E-state index contributed by atoms with van der Waals surface area (Å²) in [6.07, 6.45) is 0. The van der Waals surface area contributed by atoms with E-state index < -0.39 is 0 Å². The SMILES string of the molecule is CCn1c(SCC(=O)Nc2ccc(C#N)c(Cl)c2)nnc1N1CCOCC1. The highest BCUT2D eigenvalue weighted by molar-refractivity contribution is 7.99. The Morgan fingerprint density at radius 3 is 2.85 bits per heavy atom. The number of rotatable bonds is 6. The molecular weight excluding hydrogens is 388 g/mol. The standard InChI is InChI=1S/C17H19ClN6O2S/c1-2-24-16(23-5-7-26-8-6-23)21-22-17(24)27-11-15(25)20-13-4-3-12(10-19)14(18)9-13/h3-4,9H,2,5-8,11H2,1H3,(H,20,25). The van der Waals surface area contributed by atoms with E-state index in [0.29, 0.717) is 34.6 Å². The number of amides is 1. The molecule has 0 spiro atoms. The first-order chi connectivity index (χ1) is 13.1. The Morgan fingerprint density at radius 1 is 1.41 bits per heavy atom. The van der Waals surface area contributed by atoms with Gasteiger partial charge in [0.1, 0.15) is 6.07 Å². The maximum absolute atomic E-state index is 12.2. The molecule has 1 aromatic heterocycles. The predicted octanol–water partition coefficient (Wildman–Crippen LogP) is 2.39. The number of nitriles is 1. The number of benzene rings is 1. The van der Waals surface area contributed by atoms with Gasteiger partial charge >= 0.3 is 0 Å². The van der Waals surface area contributed by atoms with E-state index >= 15 is 0 Å². The zero-order valence-electron chi connectivity index (χ0n) is 14.8. The summed E-state index contributed by atoms with van der Waals surface area (Å²) in [7, 11) is 0. The van der Waals surface area contributed by atoms with Crippen molar-refractivity contribution in [2.24, 2.45) is 0 Å². The minimum Gasteiger partial charge on any atom is -0.378 e. The number of anilines is 2. The van der Waals surface area contributed by atoms with Crippen molar-refractivity contribution in [1.29, 1.82) is 5.26 Å². The Hall–Kier alpha value is -2.28. The Bertz CT molecular complexity index is 860. The number of ether oxygens (including phenoxy) is 1. The van der Waals surface area contributed by atoms with E-state index in [0.717, 1.165) is 25.6 Å². The van der Waals surface area contributed by atoms with Crippen molar-refractivity contribution in [3.8, 4) is 6.07 Å². The average molecular weight is 407 g/mol. The van der Waals surface area contributed by atoms with Crippen LogP contribution in [-0.2, 0) is 16.1 Å². The normalized spacial score (nSPS) is 14.0. The molecule has 10 heteroatoms. The van der Waals surface area contributed by atoms with Crippen LogP contribution < -0.4 is 10.2 Å². The lowest BCUT2D eigenvalue weighted by Crippen LogP contribution is -2.38. The van der Waals surface area contributed by atoms with Crippen molar-refractivity contribution in [1.82, 2.24) is 14.8 Å². The molecule has 8 nitrogen and oxygen atoms in total. The van der Waals surface area contributed by atoms with E-state index in [1.165, 1.54) is 11.8 Å². The minimum absolute atomic E-state index is 0.181. The van der Waals surface area contributed by atoms with Crippen LogP contribution in [0.3, 0.4) is 0 Å². The average Bonchev–Trinajstić information content (AvgIpc) is 3.10. The van der Waals surface area contributed by atoms with Crippen molar-refractivity contribution in [2.45, 2.75) is 18.6 Å². The van der Waals surface area contributed by atoms with Crippen molar-refractivity contribution < 1.29 is 9.53 Å². The van der Waals surface area contributed by atoms with Crippen molar-refractivity contribution in [3.63, 3.8) is 0 Å². The lowest BCUT2D eigenvalue weighted by atomic mass is 10.2. The molecule has 1 fully saturated rings. The van der Waals surface area contributed by atoms with Crippen LogP contribution in [0, 0.1) is 11.3 Å². The van der Waals surface area contributed by atoms with Gasteiger partial charge in [0.2, 0.25) is 11.9 Å². The molecule has 0 saturated carbocycles. The highest BCUT2D eigenvalue weighted by Gasteiger charge is 2.20. The highest BCUT2D eigenvalue weighted by atomic mass is 35.5. The van der Waals surface area contributed by atoms with E-state index in [1.54, 1.807) is 18.2 Å². The fourth-order valence-electron chi connectivity index (χ4n) is 2.67. The zero-order chi connectivity index (χ0) is 19.2. The van der Waals surface area contributed by atoms with Crippen LogP contribution in [0.15, 0.2) is 23.4 Å². The number of carbonyl (C=O) groups is 1. The molecule has 2 heterocycles. The van der Waals surface area contributed by atoms with Crippen LogP contribution in [0.2, 0.25) is 5.02 Å². The number of halogens is 1. The van der Waals surface area contributed by atoms with Gasteiger partial charge in [0.15, 0.2) is 5.16 Å². The van der Waals surface area contributed by atoms with Crippen LogP contribution in [0.4, 0.5) is 11.6 Å². The third kappa shape index (κ3) is 4.71. The second-order valence-corrected chi connectivity index (χ2v) is 7.12. The summed E-state index contributed by atoms with van der Waals surface area (Å²) in [5.41, 5.74) is 0.922. The molecule has 27 heavy (non-hydrogen) atoms. The first kappa shape index (κ1) is 19.5. The van der Waals surface area contributed by atoms with E-state index in [-0.39, 0.29) is 11.7 Å². The second-order valence-electron chi connectivity index (χ2n) is 5.77. The molecular formula is C17H19ClN6O2S. The molecule has 2 aromatic rings.